The molecule has 1 N–H and O–H groups in total. The summed E-state index contributed by atoms with van der Waals surface area (Å²) in [4.78, 5) is 23.4. The molecule has 8 heteroatoms. The van der Waals surface area contributed by atoms with E-state index in [9.17, 15) is 22.8 Å². The van der Waals surface area contributed by atoms with Crippen molar-refractivity contribution in [3.63, 3.8) is 0 Å². The number of amides is 1. The third-order valence-electron chi connectivity index (χ3n) is 3.59. The molecule has 0 saturated carbocycles. The number of hydrogen-bond acceptors (Lipinski definition) is 3. The SMILES string of the molecule is O=C(COC(=O)Cc1cccc(C(F)(F)F)c1)NCCc1cccc(Cl)c1. The minimum atomic E-state index is -4.48. The number of halogens is 4. The topological polar surface area (TPSA) is 55.4 Å². The highest BCUT2D eigenvalue weighted by Gasteiger charge is 2.30. The van der Waals surface area contributed by atoms with E-state index in [1.165, 1.54) is 12.1 Å². The van der Waals surface area contributed by atoms with Gasteiger partial charge in [-0.1, -0.05) is 41.9 Å². The number of ether oxygens (including phenoxy) is 1. The van der Waals surface area contributed by atoms with Crippen molar-refractivity contribution < 1.29 is 27.5 Å². The molecule has 27 heavy (non-hydrogen) atoms. The molecule has 0 aliphatic heterocycles. The number of carbonyl (C=O) groups is 2. The Hall–Kier alpha value is -2.54. The van der Waals surface area contributed by atoms with Gasteiger partial charge in [0.15, 0.2) is 6.61 Å². The van der Waals surface area contributed by atoms with Crippen molar-refractivity contribution in [3.8, 4) is 0 Å². The Kier molecular flexibility index (Phi) is 7.24. The number of nitrogens with one attached hydrogen (secondary N) is 1. The number of benzene rings is 2. The summed E-state index contributed by atoms with van der Waals surface area (Å²) in [7, 11) is 0. The third kappa shape index (κ3) is 7.30. The molecule has 0 fully saturated rings. The monoisotopic (exact) mass is 399 g/mol. The molecule has 0 aromatic heterocycles. The molecule has 0 atom stereocenters. The lowest BCUT2D eigenvalue weighted by molar-refractivity contribution is -0.148. The first-order valence-corrected chi connectivity index (χ1v) is 8.45. The fraction of sp³-hybridized carbons (Fsp3) is 0.263. The van der Waals surface area contributed by atoms with Gasteiger partial charge < -0.3 is 10.1 Å². The van der Waals surface area contributed by atoms with Gasteiger partial charge >= 0.3 is 12.1 Å². The second kappa shape index (κ2) is 9.41. The Morgan fingerprint density at radius 1 is 1.04 bits per heavy atom. The molecule has 0 radical (unpaired) electrons. The van der Waals surface area contributed by atoms with Crippen molar-refractivity contribution in [1.29, 1.82) is 0 Å². The molecule has 0 spiro atoms. The fourth-order valence-electron chi connectivity index (χ4n) is 2.31. The zero-order valence-corrected chi connectivity index (χ0v) is 14.9. The predicted molar refractivity (Wildman–Crippen MR) is 94.3 cm³/mol. The van der Waals surface area contributed by atoms with E-state index in [0.717, 1.165) is 17.7 Å². The van der Waals surface area contributed by atoms with Gasteiger partial charge in [0, 0.05) is 11.6 Å². The molecular formula is C19H17ClF3NO3. The summed E-state index contributed by atoms with van der Waals surface area (Å²) in [6.45, 7) is -0.155. The molecule has 0 heterocycles. The van der Waals surface area contributed by atoms with Gasteiger partial charge in [-0.25, -0.2) is 0 Å². The standard InChI is InChI=1S/C19H17ClF3NO3/c20-16-6-2-3-13(10-16)7-8-24-17(25)12-27-18(26)11-14-4-1-5-15(9-14)19(21,22)23/h1-6,9-10H,7-8,11-12H2,(H,24,25). The van der Waals surface area contributed by atoms with E-state index in [2.05, 4.69) is 5.32 Å². The first-order valence-electron chi connectivity index (χ1n) is 8.07. The Labute approximate surface area is 159 Å². The maximum absolute atomic E-state index is 12.6. The minimum absolute atomic E-state index is 0.163. The molecule has 2 rings (SSSR count). The zero-order chi connectivity index (χ0) is 19.9. The Morgan fingerprint density at radius 2 is 1.74 bits per heavy atom. The average molecular weight is 400 g/mol. The summed E-state index contributed by atoms with van der Waals surface area (Å²) < 4.78 is 42.7. The van der Waals surface area contributed by atoms with E-state index in [4.69, 9.17) is 16.3 Å². The lowest BCUT2D eigenvalue weighted by Crippen LogP contribution is -2.30. The van der Waals surface area contributed by atoms with Gasteiger partial charge in [-0.15, -0.1) is 0 Å². The highest BCUT2D eigenvalue weighted by atomic mass is 35.5. The molecule has 0 saturated heterocycles. The number of hydrogen-bond donors (Lipinski definition) is 1. The van der Waals surface area contributed by atoms with Gasteiger partial charge in [0.2, 0.25) is 0 Å². The molecule has 1 amide bonds. The van der Waals surface area contributed by atoms with Crippen LogP contribution >= 0.6 is 11.6 Å². The smallest absolute Gasteiger partial charge is 0.416 e. The van der Waals surface area contributed by atoms with Crippen LogP contribution in [0.5, 0.6) is 0 Å². The molecule has 0 aliphatic rings. The van der Waals surface area contributed by atoms with Crippen molar-refractivity contribution in [3.05, 3.63) is 70.2 Å². The Morgan fingerprint density at radius 3 is 2.44 bits per heavy atom. The molecule has 4 nitrogen and oxygen atoms in total. The van der Waals surface area contributed by atoms with Crippen molar-refractivity contribution in [2.75, 3.05) is 13.2 Å². The maximum atomic E-state index is 12.6. The molecule has 0 bridgehead atoms. The second-order valence-corrected chi connectivity index (χ2v) is 6.20. The largest absolute Gasteiger partial charge is 0.455 e. The van der Waals surface area contributed by atoms with Crippen LogP contribution in [0.1, 0.15) is 16.7 Å². The van der Waals surface area contributed by atoms with Crippen molar-refractivity contribution >= 4 is 23.5 Å². The van der Waals surface area contributed by atoms with Gasteiger partial charge in [-0.3, -0.25) is 9.59 Å². The van der Waals surface area contributed by atoms with E-state index in [1.54, 1.807) is 18.2 Å². The quantitative estimate of drug-likeness (QED) is 0.720. The van der Waals surface area contributed by atoms with Gasteiger partial charge in [0.05, 0.1) is 12.0 Å². The maximum Gasteiger partial charge on any atom is 0.416 e. The third-order valence-corrected chi connectivity index (χ3v) is 3.83. The summed E-state index contributed by atoms with van der Waals surface area (Å²) in [5, 5.41) is 3.19. The van der Waals surface area contributed by atoms with Crippen LogP contribution in [0.25, 0.3) is 0 Å². The summed E-state index contributed by atoms with van der Waals surface area (Å²) in [6.07, 6.45) is -4.27. The van der Waals surface area contributed by atoms with Crippen LogP contribution in [-0.2, 0) is 33.3 Å². The van der Waals surface area contributed by atoms with E-state index in [0.29, 0.717) is 18.0 Å². The first kappa shape index (κ1) is 20.8. The average Bonchev–Trinajstić information content (AvgIpc) is 2.59. The van der Waals surface area contributed by atoms with E-state index in [1.807, 2.05) is 6.07 Å². The van der Waals surface area contributed by atoms with Gasteiger partial charge in [-0.2, -0.15) is 13.2 Å². The summed E-state index contributed by atoms with van der Waals surface area (Å²) >= 11 is 5.86. The van der Waals surface area contributed by atoms with E-state index >= 15 is 0 Å². The van der Waals surface area contributed by atoms with Gasteiger partial charge in [-0.05, 0) is 35.7 Å². The number of carbonyl (C=O) groups excluding carboxylic acids is 2. The van der Waals surface area contributed by atoms with Crippen LogP contribution in [0.3, 0.4) is 0 Å². The molecule has 0 aliphatic carbocycles. The van der Waals surface area contributed by atoms with Crippen LogP contribution in [0.15, 0.2) is 48.5 Å². The highest BCUT2D eigenvalue weighted by molar-refractivity contribution is 6.30. The summed E-state index contributed by atoms with van der Waals surface area (Å²) in [5.41, 5.74) is 0.270. The Bertz CT molecular complexity index is 809. The van der Waals surface area contributed by atoms with Crippen LogP contribution in [0, 0.1) is 0 Å². The lowest BCUT2D eigenvalue weighted by Gasteiger charge is -2.09. The molecule has 0 unspecified atom stereocenters. The molecular weight excluding hydrogens is 383 g/mol. The minimum Gasteiger partial charge on any atom is -0.455 e. The van der Waals surface area contributed by atoms with Crippen molar-refractivity contribution in [2.45, 2.75) is 19.0 Å². The van der Waals surface area contributed by atoms with E-state index in [-0.39, 0.29) is 12.0 Å². The van der Waals surface area contributed by atoms with Crippen LogP contribution in [0.4, 0.5) is 13.2 Å². The van der Waals surface area contributed by atoms with Crippen LogP contribution in [0.2, 0.25) is 5.02 Å². The van der Waals surface area contributed by atoms with Crippen LogP contribution < -0.4 is 5.32 Å². The fourth-order valence-corrected chi connectivity index (χ4v) is 2.52. The molecule has 2 aromatic rings. The zero-order valence-electron chi connectivity index (χ0n) is 14.2. The van der Waals surface area contributed by atoms with Crippen molar-refractivity contribution in [1.82, 2.24) is 5.32 Å². The van der Waals surface area contributed by atoms with Gasteiger partial charge in [0.25, 0.3) is 5.91 Å². The molecule has 2 aromatic carbocycles. The number of alkyl halides is 3. The lowest BCUT2D eigenvalue weighted by atomic mass is 10.1. The first-order chi connectivity index (χ1) is 12.7. The number of rotatable bonds is 7. The number of esters is 1. The highest BCUT2D eigenvalue weighted by Crippen LogP contribution is 2.29. The summed E-state index contributed by atoms with van der Waals surface area (Å²) in [5.74, 6) is -1.27. The predicted octanol–water partition coefficient (Wildman–Crippen LogP) is 3.80. The summed E-state index contributed by atoms with van der Waals surface area (Å²) in [6, 6.07) is 11.6. The second-order valence-electron chi connectivity index (χ2n) is 5.77. The normalized spacial score (nSPS) is 11.1. The van der Waals surface area contributed by atoms with E-state index < -0.39 is 30.2 Å². The Balaban J connectivity index is 1.73. The molecule has 144 valence electrons. The van der Waals surface area contributed by atoms with Crippen molar-refractivity contribution in [2.24, 2.45) is 0 Å². The van der Waals surface area contributed by atoms with Crippen LogP contribution in [-0.4, -0.2) is 25.0 Å². The van der Waals surface area contributed by atoms with Gasteiger partial charge in [0.1, 0.15) is 0 Å².